The number of carbonyl (C=O) groups is 1. The molecular weight excluding hydrogens is 275 g/mol. The summed E-state index contributed by atoms with van der Waals surface area (Å²) < 4.78 is 24.3. The molecule has 110 valence electrons. The van der Waals surface area contributed by atoms with Crippen molar-refractivity contribution < 1.29 is 18.7 Å². The molecule has 2 aromatic rings. The lowest BCUT2D eigenvalue weighted by molar-refractivity contribution is 0.1000. The Morgan fingerprint density at radius 1 is 1.19 bits per heavy atom. The van der Waals surface area contributed by atoms with E-state index in [1.54, 1.807) is 18.2 Å². The highest BCUT2D eigenvalue weighted by Gasteiger charge is 2.10. The molecule has 0 aliphatic heterocycles. The summed E-state index contributed by atoms with van der Waals surface area (Å²) in [7, 11) is 1.48. The second-order valence-electron chi connectivity index (χ2n) is 4.37. The third-order valence-corrected chi connectivity index (χ3v) is 2.90. The number of benzene rings is 2. The first-order chi connectivity index (χ1) is 10.0. The van der Waals surface area contributed by atoms with Gasteiger partial charge < -0.3 is 20.9 Å². The number of hydrogen-bond acceptors (Lipinski definition) is 4. The number of carbonyl (C=O) groups excluding carboxylic acids is 1. The van der Waals surface area contributed by atoms with E-state index in [1.165, 1.54) is 25.3 Å². The molecule has 0 saturated carbocycles. The molecule has 0 radical (unpaired) electrons. The van der Waals surface area contributed by atoms with Crippen molar-refractivity contribution in [1.82, 2.24) is 0 Å². The summed E-state index contributed by atoms with van der Waals surface area (Å²) in [6, 6.07) is 8.75. The summed E-state index contributed by atoms with van der Waals surface area (Å²) >= 11 is 0. The number of nitrogen functional groups attached to an aromatic ring is 1. The fraction of sp³-hybridized carbons (Fsp3) is 0.133. The molecule has 0 saturated heterocycles. The molecule has 21 heavy (non-hydrogen) atoms. The number of hydrogen-bond donors (Lipinski definition) is 2. The second-order valence-corrected chi connectivity index (χ2v) is 4.37. The van der Waals surface area contributed by atoms with Crippen LogP contribution in [0.2, 0.25) is 0 Å². The van der Waals surface area contributed by atoms with Crippen molar-refractivity contribution in [3.8, 4) is 11.5 Å². The fourth-order valence-electron chi connectivity index (χ4n) is 1.80. The normalized spacial score (nSPS) is 10.2. The third-order valence-electron chi connectivity index (χ3n) is 2.90. The zero-order valence-electron chi connectivity index (χ0n) is 11.4. The molecule has 0 heterocycles. The molecular formula is C15H15FN2O3. The average molecular weight is 290 g/mol. The number of anilines is 1. The number of nitrogens with two attached hydrogens (primary N) is 2. The minimum atomic E-state index is -0.624. The van der Waals surface area contributed by atoms with Crippen LogP contribution >= 0.6 is 0 Å². The van der Waals surface area contributed by atoms with E-state index in [9.17, 15) is 9.18 Å². The Labute approximate surface area is 121 Å². The number of primary amides is 1. The maximum absolute atomic E-state index is 13.7. The molecule has 4 N–H and O–H groups in total. The predicted octanol–water partition coefficient (Wildman–Crippen LogP) is 2.09. The molecule has 0 aliphatic rings. The van der Waals surface area contributed by atoms with Crippen LogP contribution in [-0.4, -0.2) is 13.0 Å². The van der Waals surface area contributed by atoms with Crippen molar-refractivity contribution in [3.05, 3.63) is 53.3 Å². The largest absolute Gasteiger partial charge is 0.493 e. The van der Waals surface area contributed by atoms with Crippen LogP contribution < -0.4 is 20.9 Å². The molecule has 6 heteroatoms. The van der Waals surface area contributed by atoms with Crippen molar-refractivity contribution >= 4 is 11.6 Å². The second kappa shape index (κ2) is 6.13. The monoisotopic (exact) mass is 290 g/mol. The number of methoxy groups -OCH3 is 1. The van der Waals surface area contributed by atoms with Crippen molar-refractivity contribution in [2.75, 3.05) is 12.8 Å². The van der Waals surface area contributed by atoms with Crippen molar-refractivity contribution in [1.29, 1.82) is 0 Å². The lowest BCUT2D eigenvalue weighted by Crippen LogP contribution is -2.12. The molecule has 2 rings (SSSR count). The summed E-state index contributed by atoms with van der Waals surface area (Å²) in [5.74, 6) is -0.229. The Kier molecular flexibility index (Phi) is 4.27. The molecule has 0 aromatic heterocycles. The van der Waals surface area contributed by atoms with Crippen LogP contribution in [0.15, 0.2) is 36.4 Å². The average Bonchev–Trinajstić information content (AvgIpc) is 2.47. The fourth-order valence-corrected chi connectivity index (χ4v) is 1.80. The minimum Gasteiger partial charge on any atom is -0.493 e. The smallest absolute Gasteiger partial charge is 0.248 e. The molecule has 0 fully saturated rings. The lowest BCUT2D eigenvalue weighted by Gasteiger charge is -2.12. The van der Waals surface area contributed by atoms with Crippen molar-refractivity contribution in [2.24, 2.45) is 5.73 Å². The standard InChI is InChI=1S/C15H15FN2O3/c1-20-14-7-11(17)3-5-13(14)21-8-10-6-9(15(18)19)2-4-12(10)16/h2-7H,8,17H2,1H3,(H2,18,19). The SMILES string of the molecule is COc1cc(N)ccc1OCc1cc(C(N)=O)ccc1F. The topological polar surface area (TPSA) is 87.6 Å². The van der Waals surface area contributed by atoms with Crippen LogP contribution in [0.25, 0.3) is 0 Å². The Hall–Kier alpha value is -2.76. The van der Waals surface area contributed by atoms with Gasteiger partial charge in [-0.25, -0.2) is 4.39 Å². The van der Waals surface area contributed by atoms with E-state index in [2.05, 4.69) is 0 Å². The highest BCUT2D eigenvalue weighted by molar-refractivity contribution is 5.92. The summed E-state index contributed by atoms with van der Waals surface area (Å²) in [5, 5.41) is 0. The number of halogens is 1. The number of rotatable bonds is 5. The lowest BCUT2D eigenvalue weighted by atomic mass is 10.1. The summed E-state index contributed by atoms with van der Waals surface area (Å²) in [6.07, 6.45) is 0. The van der Waals surface area contributed by atoms with Gasteiger partial charge in [-0.3, -0.25) is 4.79 Å². The summed E-state index contributed by atoms with van der Waals surface area (Å²) in [6.45, 7) is -0.0623. The first-order valence-corrected chi connectivity index (χ1v) is 6.16. The number of amides is 1. The van der Waals surface area contributed by atoms with Gasteiger partial charge in [0, 0.05) is 22.9 Å². The van der Waals surface area contributed by atoms with E-state index < -0.39 is 11.7 Å². The maximum atomic E-state index is 13.7. The van der Waals surface area contributed by atoms with E-state index in [4.69, 9.17) is 20.9 Å². The van der Waals surface area contributed by atoms with Crippen LogP contribution in [0.5, 0.6) is 11.5 Å². The van der Waals surface area contributed by atoms with Crippen LogP contribution in [0.4, 0.5) is 10.1 Å². The first kappa shape index (κ1) is 14.6. The van der Waals surface area contributed by atoms with E-state index in [-0.39, 0.29) is 17.7 Å². The van der Waals surface area contributed by atoms with Crippen molar-refractivity contribution in [2.45, 2.75) is 6.61 Å². The molecule has 0 aliphatic carbocycles. The van der Waals surface area contributed by atoms with Gasteiger partial charge in [-0.1, -0.05) is 0 Å². The molecule has 5 nitrogen and oxygen atoms in total. The maximum Gasteiger partial charge on any atom is 0.248 e. The van der Waals surface area contributed by atoms with Crippen LogP contribution in [-0.2, 0) is 6.61 Å². The Morgan fingerprint density at radius 3 is 2.62 bits per heavy atom. The highest BCUT2D eigenvalue weighted by Crippen LogP contribution is 2.29. The van der Waals surface area contributed by atoms with Crippen LogP contribution in [0, 0.1) is 5.82 Å². The van der Waals surface area contributed by atoms with Crippen molar-refractivity contribution in [3.63, 3.8) is 0 Å². The molecule has 0 bridgehead atoms. The molecule has 0 atom stereocenters. The van der Waals surface area contributed by atoms with E-state index >= 15 is 0 Å². The van der Waals surface area contributed by atoms with Gasteiger partial charge in [0.1, 0.15) is 12.4 Å². The predicted molar refractivity (Wildman–Crippen MR) is 76.7 cm³/mol. The van der Waals surface area contributed by atoms with E-state index in [1.807, 2.05) is 0 Å². The van der Waals surface area contributed by atoms with Gasteiger partial charge in [-0.2, -0.15) is 0 Å². The summed E-state index contributed by atoms with van der Waals surface area (Å²) in [5.41, 5.74) is 11.8. The van der Waals surface area contributed by atoms with Gasteiger partial charge in [0.25, 0.3) is 0 Å². The van der Waals surface area contributed by atoms with Gasteiger partial charge in [0.05, 0.1) is 7.11 Å². The zero-order chi connectivity index (χ0) is 15.4. The molecule has 0 spiro atoms. The first-order valence-electron chi connectivity index (χ1n) is 6.16. The summed E-state index contributed by atoms with van der Waals surface area (Å²) in [4.78, 5) is 11.1. The van der Waals surface area contributed by atoms with E-state index in [0.717, 1.165) is 0 Å². The highest BCUT2D eigenvalue weighted by atomic mass is 19.1. The Morgan fingerprint density at radius 2 is 1.95 bits per heavy atom. The third kappa shape index (κ3) is 3.42. The molecule has 1 amide bonds. The van der Waals surface area contributed by atoms with Gasteiger partial charge >= 0.3 is 0 Å². The van der Waals surface area contributed by atoms with Crippen LogP contribution in [0.3, 0.4) is 0 Å². The van der Waals surface area contributed by atoms with Crippen LogP contribution in [0.1, 0.15) is 15.9 Å². The molecule has 2 aromatic carbocycles. The number of ether oxygens (including phenoxy) is 2. The zero-order valence-corrected chi connectivity index (χ0v) is 11.4. The van der Waals surface area contributed by atoms with E-state index in [0.29, 0.717) is 17.2 Å². The van der Waals surface area contributed by atoms with Gasteiger partial charge in [0.2, 0.25) is 5.91 Å². The van der Waals surface area contributed by atoms with Gasteiger partial charge in [-0.05, 0) is 30.3 Å². The van der Waals surface area contributed by atoms with Gasteiger partial charge in [-0.15, -0.1) is 0 Å². The van der Waals surface area contributed by atoms with Gasteiger partial charge in [0.15, 0.2) is 11.5 Å². The quantitative estimate of drug-likeness (QED) is 0.825. The Balaban J connectivity index is 2.20. The Bertz CT molecular complexity index is 674. The molecule has 0 unspecified atom stereocenters. The minimum absolute atomic E-state index is 0.0623.